The summed E-state index contributed by atoms with van der Waals surface area (Å²) in [6.45, 7) is 6.83. The standard InChI is InChI=1S/C28H32ClN3O4S/c1-20(2)30-28(34)22(4)31(18-23-10-6-5-7-11-23)27(33)19-32(25-12-8-9-21(3)17-25)37(35,36)26-15-13-24(29)14-16-26/h5-17,20,22H,18-19H2,1-4H3,(H,30,34)/t22-/m1/s1. The van der Waals surface area contributed by atoms with Crippen molar-refractivity contribution in [3.05, 3.63) is 95.0 Å². The molecule has 0 unspecified atom stereocenters. The van der Waals surface area contributed by atoms with E-state index in [1.54, 1.807) is 25.1 Å². The molecule has 0 aliphatic rings. The smallest absolute Gasteiger partial charge is 0.264 e. The minimum Gasteiger partial charge on any atom is -0.352 e. The number of hydrogen-bond donors (Lipinski definition) is 1. The average Bonchev–Trinajstić information content (AvgIpc) is 2.85. The second-order valence-corrected chi connectivity index (χ2v) is 11.4. The third-order valence-corrected chi connectivity index (χ3v) is 7.80. The first-order valence-electron chi connectivity index (χ1n) is 12.0. The molecule has 7 nitrogen and oxygen atoms in total. The van der Waals surface area contributed by atoms with E-state index >= 15 is 0 Å². The molecule has 0 saturated carbocycles. The van der Waals surface area contributed by atoms with Crippen LogP contribution in [0.2, 0.25) is 5.02 Å². The third-order valence-electron chi connectivity index (χ3n) is 5.76. The fourth-order valence-corrected chi connectivity index (χ4v) is 5.35. The maximum absolute atomic E-state index is 13.8. The number of carbonyl (C=O) groups excluding carboxylic acids is 2. The summed E-state index contributed by atoms with van der Waals surface area (Å²) in [6, 6.07) is 21.1. The van der Waals surface area contributed by atoms with Crippen molar-refractivity contribution in [1.29, 1.82) is 0 Å². The predicted molar refractivity (Wildman–Crippen MR) is 147 cm³/mol. The summed E-state index contributed by atoms with van der Waals surface area (Å²) in [6.07, 6.45) is 0. The van der Waals surface area contributed by atoms with Crippen molar-refractivity contribution in [1.82, 2.24) is 10.2 Å². The summed E-state index contributed by atoms with van der Waals surface area (Å²) in [4.78, 5) is 28.1. The number of amides is 2. The van der Waals surface area contributed by atoms with Crippen molar-refractivity contribution in [3.63, 3.8) is 0 Å². The van der Waals surface area contributed by atoms with Gasteiger partial charge in [-0.15, -0.1) is 0 Å². The third kappa shape index (κ3) is 7.33. The Bertz CT molecular complexity index is 1330. The molecule has 0 spiro atoms. The van der Waals surface area contributed by atoms with Gasteiger partial charge in [0.25, 0.3) is 10.0 Å². The Morgan fingerprint density at radius 3 is 2.16 bits per heavy atom. The van der Waals surface area contributed by atoms with Gasteiger partial charge >= 0.3 is 0 Å². The van der Waals surface area contributed by atoms with Crippen molar-refractivity contribution >= 4 is 39.1 Å². The van der Waals surface area contributed by atoms with Crippen molar-refractivity contribution in [2.75, 3.05) is 10.8 Å². The van der Waals surface area contributed by atoms with Crippen LogP contribution in [-0.4, -0.2) is 43.8 Å². The van der Waals surface area contributed by atoms with Crippen LogP contribution in [0.15, 0.2) is 83.8 Å². The van der Waals surface area contributed by atoms with Crippen LogP contribution in [-0.2, 0) is 26.2 Å². The highest BCUT2D eigenvalue weighted by molar-refractivity contribution is 7.92. The van der Waals surface area contributed by atoms with Crippen LogP contribution in [0.4, 0.5) is 5.69 Å². The van der Waals surface area contributed by atoms with Crippen molar-refractivity contribution in [2.45, 2.75) is 51.2 Å². The van der Waals surface area contributed by atoms with Crippen molar-refractivity contribution < 1.29 is 18.0 Å². The molecule has 2 amide bonds. The normalized spacial score (nSPS) is 12.2. The van der Waals surface area contributed by atoms with Gasteiger partial charge in [0.1, 0.15) is 12.6 Å². The number of nitrogens with one attached hydrogen (secondary N) is 1. The first-order valence-corrected chi connectivity index (χ1v) is 13.8. The Hall–Kier alpha value is -3.36. The lowest BCUT2D eigenvalue weighted by Gasteiger charge is -2.32. The summed E-state index contributed by atoms with van der Waals surface area (Å²) in [7, 11) is -4.13. The van der Waals surface area contributed by atoms with E-state index in [0.29, 0.717) is 10.7 Å². The van der Waals surface area contributed by atoms with Crippen LogP contribution >= 0.6 is 11.6 Å². The lowest BCUT2D eigenvalue weighted by Crippen LogP contribution is -2.52. The fourth-order valence-electron chi connectivity index (χ4n) is 3.81. The summed E-state index contributed by atoms with van der Waals surface area (Å²) in [5, 5.41) is 3.24. The van der Waals surface area contributed by atoms with E-state index < -0.39 is 28.5 Å². The molecule has 3 aromatic rings. The second-order valence-electron chi connectivity index (χ2n) is 9.15. The monoisotopic (exact) mass is 541 g/mol. The van der Waals surface area contributed by atoms with Crippen LogP contribution in [0, 0.1) is 6.92 Å². The Labute approximate surface area is 224 Å². The molecule has 1 N–H and O–H groups in total. The Morgan fingerprint density at radius 1 is 0.919 bits per heavy atom. The quantitative estimate of drug-likeness (QED) is 0.400. The Balaban J connectivity index is 2.02. The molecule has 0 aliphatic carbocycles. The summed E-state index contributed by atoms with van der Waals surface area (Å²) < 4.78 is 28.6. The van der Waals surface area contributed by atoms with Gasteiger partial charge in [0.2, 0.25) is 11.8 Å². The highest BCUT2D eigenvalue weighted by Gasteiger charge is 2.32. The zero-order valence-corrected chi connectivity index (χ0v) is 23.0. The first-order chi connectivity index (χ1) is 17.5. The predicted octanol–water partition coefficient (Wildman–Crippen LogP) is 4.79. The van der Waals surface area contributed by atoms with E-state index in [0.717, 1.165) is 15.4 Å². The van der Waals surface area contributed by atoms with Crippen LogP contribution in [0.3, 0.4) is 0 Å². The SMILES string of the molecule is Cc1cccc(N(CC(=O)N(Cc2ccccc2)[C@H](C)C(=O)NC(C)C)S(=O)(=O)c2ccc(Cl)cc2)c1. The minimum absolute atomic E-state index is 0.00594. The van der Waals surface area contributed by atoms with Crippen LogP contribution in [0.25, 0.3) is 0 Å². The van der Waals surface area contributed by atoms with E-state index in [-0.39, 0.29) is 23.4 Å². The van der Waals surface area contributed by atoms with E-state index in [4.69, 9.17) is 11.6 Å². The van der Waals surface area contributed by atoms with E-state index in [1.165, 1.54) is 29.2 Å². The molecule has 0 bridgehead atoms. The molecule has 1 atom stereocenters. The fraction of sp³-hybridized carbons (Fsp3) is 0.286. The van der Waals surface area contributed by atoms with Gasteiger partial charge in [-0.2, -0.15) is 0 Å². The molecular weight excluding hydrogens is 510 g/mol. The number of hydrogen-bond acceptors (Lipinski definition) is 4. The number of rotatable bonds is 10. The molecule has 0 radical (unpaired) electrons. The largest absolute Gasteiger partial charge is 0.352 e. The van der Waals surface area contributed by atoms with Gasteiger partial charge in [0.15, 0.2) is 0 Å². The lowest BCUT2D eigenvalue weighted by atomic mass is 10.1. The number of aryl methyl sites for hydroxylation is 1. The molecule has 196 valence electrons. The second kappa shape index (κ2) is 12.3. The first kappa shape index (κ1) is 28.2. The molecule has 3 aromatic carbocycles. The highest BCUT2D eigenvalue weighted by Crippen LogP contribution is 2.26. The van der Waals surface area contributed by atoms with Gasteiger partial charge in [0.05, 0.1) is 10.6 Å². The van der Waals surface area contributed by atoms with Gasteiger partial charge in [-0.1, -0.05) is 54.1 Å². The maximum Gasteiger partial charge on any atom is 0.264 e. The van der Waals surface area contributed by atoms with Crippen LogP contribution in [0.5, 0.6) is 0 Å². The topological polar surface area (TPSA) is 86.8 Å². The highest BCUT2D eigenvalue weighted by atomic mass is 35.5. The number of carbonyl (C=O) groups is 2. The molecule has 3 rings (SSSR count). The molecule has 0 fully saturated rings. The number of sulfonamides is 1. The Morgan fingerprint density at radius 2 is 1.57 bits per heavy atom. The van der Waals surface area contributed by atoms with Gasteiger partial charge in [-0.3, -0.25) is 13.9 Å². The van der Waals surface area contributed by atoms with E-state index in [2.05, 4.69) is 5.32 Å². The number of benzene rings is 3. The number of nitrogens with zero attached hydrogens (tertiary/aromatic N) is 2. The summed E-state index contributed by atoms with van der Waals surface area (Å²) in [5.41, 5.74) is 2.01. The van der Waals surface area contributed by atoms with Gasteiger partial charge in [-0.25, -0.2) is 8.42 Å². The van der Waals surface area contributed by atoms with E-state index in [1.807, 2.05) is 57.2 Å². The van der Waals surface area contributed by atoms with E-state index in [9.17, 15) is 18.0 Å². The molecule has 37 heavy (non-hydrogen) atoms. The van der Waals surface area contributed by atoms with Gasteiger partial charge < -0.3 is 10.2 Å². The molecule has 0 aromatic heterocycles. The van der Waals surface area contributed by atoms with Crippen molar-refractivity contribution in [2.24, 2.45) is 0 Å². The van der Waals surface area contributed by atoms with Crippen LogP contribution in [0.1, 0.15) is 31.9 Å². The lowest BCUT2D eigenvalue weighted by molar-refractivity contribution is -0.139. The minimum atomic E-state index is -4.13. The zero-order chi connectivity index (χ0) is 27.2. The molecule has 9 heteroatoms. The number of anilines is 1. The van der Waals surface area contributed by atoms with Gasteiger partial charge in [-0.05, 0) is 75.2 Å². The molecule has 0 saturated heterocycles. The number of halogens is 1. The zero-order valence-electron chi connectivity index (χ0n) is 21.4. The maximum atomic E-state index is 13.8. The summed E-state index contributed by atoms with van der Waals surface area (Å²) in [5.74, 6) is -0.823. The molecular formula is C28H32ClN3O4S. The van der Waals surface area contributed by atoms with Gasteiger partial charge in [0, 0.05) is 17.6 Å². The Kier molecular flexibility index (Phi) is 9.34. The molecule has 0 heterocycles. The van der Waals surface area contributed by atoms with Crippen molar-refractivity contribution in [3.8, 4) is 0 Å². The average molecular weight is 542 g/mol. The summed E-state index contributed by atoms with van der Waals surface area (Å²) >= 11 is 5.98. The molecule has 0 aliphatic heterocycles. The van der Waals surface area contributed by atoms with Crippen LogP contribution < -0.4 is 9.62 Å².